The Bertz CT molecular complexity index is 546. The van der Waals surface area contributed by atoms with Crippen LogP contribution in [-0.2, 0) is 4.79 Å². The molecule has 2 N–H and O–H groups in total. The van der Waals surface area contributed by atoms with Crippen molar-refractivity contribution in [3.63, 3.8) is 0 Å². The molecule has 1 heterocycles. The van der Waals surface area contributed by atoms with Crippen LogP contribution in [0.2, 0.25) is 0 Å². The molecule has 0 atom stereocenters. The minimum Gasteiger partial charge on any atom is -0.481 e. The summed E-state index contributed by atoms with van der Waals surface area (Å²) in [5.41, 5.74) is 1.22. The van der Waals surface area contributed by atoms with Crippen LogP contribution in [0, 0.1) is 0 Å². The van der Waals surface area contributed by atoms with Crippen molar-refractivity contribution < 1.29 is 14.7 Å². The van der Waals surface area contributed by atoms with Crippen LogP contribution in [0.1, 0.15) is 56.3 Å². The molecule has 1 aliphatic rings. The maximum atomic E-state index is 12.3. The number of hydrogen-bond donors (Lipinski definition) is 2. The van der Waals surface area contributed by atoms with Gasteiger partial charge in [-0.25, -0.2) is 0 Å². The molecule has 1 saturated heterocycles. The zero-order valence-electron chi connectivity index (χ0n) is 14.0. The second-order valence-electron chi connectivity index (χ2n) is 6.83. The van der Waals surface area contributed by atoms with E-state index in [0.29, 0.717) is 12.0 Å². The average molecular weight is 318 g/mol. The number of nitrogens with zero attached hydrogens (tertiary/aromatic N) is 1. The Hall–Kier alpha value is -2.04. The molecule has 2 rings (SSSR count). The first-order valence-electron chi connectivity index (χ1n) is 8.27. The van der Waals surface area contributed by atoms with Crippen molar-refractivity contribution in [2.24, 2.45) is 0 Å². The molecule has 1 aromatic carbocycles. The summed E-state index contributed by atoms with van der Waals surface area (Å²) in [6, 6.07) is 7.66. The lowest BCUT2D eigenvalue weighted by molar-refractivity contribution is -0.137. The number of anilines is 1. The van der Waals surface area contributed by atoms with Crippen LogP contribution in [-0.4, -0.2) is 35.6 Å². The second kappa shape index (κ2) is 7.49. The number of piperidine rings is 1. The standard InChI is InChI=1S/C18H26N2O3/c1-18(2,11-10-16(21)22)19-17(23)14-6-8-15(9-7-14)20-12-4-3-5-13-20/h6-9H,3-5,10-13H2,1-2H3,(H,19,23)(H,21,22). The van der Waals surface area contributed by atoms with Crippen LogP contribution in [0.5, 0.6) is 0 Å². The molecule has 1 aliphatic heterocycles. The Morgan fingerprint density at radius 3 is 2.30 bits per heavy atom. The normalized spacial score (nSPS) is 15.3. The summed E-state index contributed by atoms with van der Waals surface area (Å²) in [6.07, 6.45) is 4.18. The van der Waals surface area contributed by atoms with E-state index in [9.17, 15) is 9.59 Å². The molecular formula is C18H26N2O3. The summed E-state index contributed by atoms with van der Waals surface area (Å²) in [5.74, 6) is -1.01. The lowest BCUT2D eigenvalue weighted by Gasteiger charge is -2.29. The molecule has 0 aromatic heterocycles. The van der Waals surface area contributed by atoms with Gasteiger partial charge in [0.1, 0.15) is 0 Å². The SMILES string of the molecule is CC(C)(CCC(=O)O)NC(=O)c1ccc(N2CCCCC2)cc1. The molecule has 5 heteroatoms. The minimum atomic E-state index is -0.849. The number of carboxylic acids is 1. The van der Waals surface area contributed by atoms with Gasteiger partial charge in [0.2, 0.25) is 0 Å². The Kier molecular flexibility index (Phi) is 5.64. The molecule has 23 heavy (non-hydrogen) atoms. The third-order valence-corrected chi connectivity index (χ3v) is 4.27. The van der Waals surface area contributed by atoms with E-state index in [1.54, 1.807) is 0 Å². The number of carbonyl (C=O) groups excluding carboxylic acids is 1. The Morgan fingerprint density at radius 1 is 1.13 bits per heavy atom. The van der Waals surface area contributed by atoms with Crippen molar-refractivity contribution in [3.05, 3.63) is 29.8 Å². The van der Waals surface area contributed by atoms with Crippen LogP contribution in [0.4, 0.5) is 5.69 Å². The van der Waals surface area contributed by atoms with E-state index >= 15 is 0 Å². The van der Waals surface area contributed by atoms with Crippen LogP contribution in [0.25, 0.3) is 0 Å². The van der Waals surface area contributed by atoms with Crippen LogP contribution >= 0.6 is 0 Å². The molecule has 1 aromatic rings. The van der Waals surface area contributed by atoms with Gasteiger partial charge >= 0.3 is 5.97 Å². The van der Waals surface area contributed by atoms with E-state index in [0.717, 1.165) is 18.8 Å². The number of benzene rings is 1. The lowest BCUT2D eigenvalue weighted by Crippen LogP contribution is -2.43. The van der Waals surface area contributed by atoms with Gasteiger partial charge in [-0.15, -0.1) is 0 Å². The van der Waals surface area contributed by atoms with E-state index in [1.165, 1.54) is 19.3 Å². The van der Waals surface area contributed by atoms with Gasteiger partial charge in [-0.05, 0) is 63.8 Å². The largest absolute Gasteiger partial charge is 0.481 e. The number of carboxylic acid groups (broad SMARTS) is 1. The van der Waals surface area contributed by atoms with Crippen LogP contribution in [0.15, 0.2) is 24.3 Å². The summed E-state index contributed by atoms with van der Waals surface area (Å²) in [6.45, 7) is 5.84. The molecule has 1 amide bonds. The van der Waals surface area contributed by atoms with Crippen molar-refractivity contribution in [1.82, 2.24) is 5.32 Å². The summed E-state index contributed by atoms with van der Waals surface area (Å²) in [7, 11) is 0. The summed E-state index contributed by atoms with van der Waals surface area (Å²) < 4.78 is 0. The quantitative estimate of drug-likeness (QED) is 0.846. The lowest BCUT2D eigenvalue weighted by atomic mass is 9.97. The predicted molar refractivity (Wildman–Crippen MR) is 90.9 cm³/mol. The smallest absolute Gasteiger partial charge is 0.303 e. The van der Waals surface area contributed by atoms with Gasteiger partial charge in [0.25, 0.3) is 5.91 Å². The number of hydrogen-bond acceptors (Lipinski definition) is 3. The van der Waals surface area contributed by atoms with E-state index < -0.39 is 11.5 Å². The van der Waals surface area contributed by atoms with E-state index in [1.807, 2.05) is 38.1 Å². The molecular weight excluding hydrogens is 292 g/mol. The van der Waals surface area contributed by atoms with Crippen molar-refractivity contribution in [2.45, 2.75) is 51.5 Å². The minimum absolute atomic E-state index is 0.0428. The molecule has 5 nitrogen and oxygen atoms in total. The molecule has 0 aliphatic carbocycles. The summed E-state index contributed by atoms with van der Waals surface area (Å²) in [4.78, 5) is 25.3. The van der Waals surface area contributed by atoms with E-state index in [2.05, 4.69) is 10.2 Å². The molecule has 0 bridgehead atoms. The third kappa shape index (κ3) is 5.27. The monoisotopic (exact) mass is 318 g/mol. The van der Waals surface area contributed by atoms with Gasteiger partial charge in [-0.1, -0.05) is 0 Å². The van der Waals surface area contributed by atoms with Gasteiger partial charge in [-0.3, -0.25) is 9.59 Å². The van der Waals surface area contributed by atoms with Gasteiger partial charge in [0, 0.05) is 36.3 Å². The predicted octanol–water partition coefficient (Wildman–Crippen LogP) is 3.05. The first kappa shape index (κ1) is 17.3. The van der Waals surface area contributed by atoms with Crippen molar-refractivity contribution >= 4 is 17.6 Å². The zero-order valence-corrected chi connectivity index (χ0v) is 14.0. The first-order chi connectivity index (χ1) is 10.9. The molecule has 0 radical (unpaired) electrons. The number of carbonyl (C=O) groups is 2. The first-order valence-corrected chi connectivity index (χ1v) is 8.27. The topological polar surface area (TPSA) is 69.6 Å². The van der Waals surface area contributed by atoms with Crippen molar-refractivity contribution in [3.8, 4) is 0 Å². The Balaban J connectivity index is 1.95. The fraction of sp³-hybridized carbons (Fsp3) is 0.556. The van der Waals surface area contributed by atoms with Crippen LogP contribution < -0.4 is 10.2 Å². The van der Waals surface area contributed by atoms with Gasteiger partial charge in [0.15, 0.2) is 0 Å². The highest BCUT2D eigenvalue weighted by Gasteiger charge is 2.22. The van der Waals surface area contributed by atoms with Gasteiger partial charge in [-0.2, -0.15) is 0 Å². The second-order valence-corrected chi connectivity index (χ2v) is 6.83. The van der Waals surface area contributed by atoms with Crippen molar-refractivity contribution in [1.29, 1.82) is 0 Å². The van der Waals surface area contributed by atoms with E-state index in [4.69, 9.17) is 5.11 Å². The maximum Gasteiger partial charge on any atom is 0.303 e. The summed E-state index contributed by atoms with van der Waals surface area (Å²) >= 11 is 0. The zero-order chi connectivity index (χ0) is 16.9. The molecule has 126 valence electrons. The van der Waals surface area contributed by atoms with Gasteiger partial charge in [0.05, 0.1) is 0 Å². The fourth-order valence-corrected chi connectivity index (χ4v) is 2.84. The molecule has 1 fully saturated rings. The fourth-order valence-electron chi connectivity index (χ4n) is 2.84. The number of amides is 1. The molecule has 0 unspecified atom stereocenters. The number of aliphatic carboxylic acids is 1. The highest BCUT2D eigenvalue weighted by molar-refractivity contribution is 5.95. The average Bonchev–Trinajstić information content (AvgIpc) is 2.54. The highest BCUT2D eigenvalue weighted by atomic mass is 16.4. The number of nitrogens with one attached hydrogen (secondary N) is 1. The third-order valence-electron chi connectivity index (χ3n) is 4.27. The number of rotatable bonds is 6. The Morgan fingerprint density at radius 2 is 1.74 bits per heavy atom. The van der Waals surface area contributed by atoms with E-state index in [-0.39, 0.29) is 12.3 Å². The van der Waals surface area contributed by atoms with Crippen molar-refractivity contribution in [2.75, 3.05) is 18.0 Å². The van der Waals surface area contributed by atoms with Gasteiger partial charge < -0.3 is 15.3 Å². The molecule has 0 saturated carbocycles. The molecule has 0 spiro atoms. The van der Waals surface area contributed by atoms with Crippen LogP contribution in [0.3, 0.4) is 0 Å². The Labute approximate surface area is 137 Å². The summed E-state index contributed by atoms with van der Waals surface area (Å²) in [5, 5.41) is 11.7. The maximum absolute atomic E-state index is 12.3. The highest BCUT2D eigenvalue weighted by Crippen LogP contribution is 2.20.